The van der Waals surface area contributed by atoms with Gasteiger partial charge in [-0.15, -0.1) is 0 Å². The van der Waals surface area contributed by atoms with Crippen molar-refractivity contribution in [3.63, 3.8) is 0 Å². The van der Waals surface area contributed by atoms with E-state index in [1.54, 1.807) is 0 Å². The van der Waals surface area contributed by atoms with Crippen LogP contribution < -0.4 is 0 Å². The zero-order chi connectivity index (χ0) is 24.2. The average Bonchev–Trinajstić information content (AvgIpc) is 3.26. The second kappa shape index (κ2) is 8.09. The SMILES string of the molecule is N#Cc1ccc2c3ccc(-c4c5ccccc5c(Br)c5ccccc45)cc3n(-c3ccccc3)c2c1. The van der Waals surface area contributed by atoms with E-state index in [1.165, 1.54) is 38.1 Å². The van der Waals surface area contributed by atoms with Crippen LogP contribution in [0.5, 0.6) is 0 Å². The third-order valence-electron chi connectivity index (χ3n) is 7.07. The van der Waals surface area contributed by atoms with Crippen molar-refractivity contribution >= 4 is 59.3 Å². The van der Waals surface area contributed by atoms with E-state index in [-0.39, 0.29) is 0 Å². The summed E-state index contributed by atoms with van der Waals surface area (Å²) in [5.74, 6) is 0. The molecule has 0 atom stereocenters. The lowest BCUT2D eigenvalue weighted by Gasteiger charge is -2.15. The number of halogens is 1. The number of rotatable bonds is 2. The summed E-state index contributed by atoms with van der Waals surface area (Å²) < 4.78 is 3.40. The highest BCUT2D eigenvalue weighted by Gasteiger charge is 2.17. The molecule has 36 heavy (non-hydrogen) atoms. The van der Waals surface area contributed by atoms with Crippen LogP contribution in [0.2, 0.25) is 0 Å². The van der Waals surface area contributed by atoms with Gasteiger partial charge in [-0.2, -0.15) is 5.26 Å². The Bertz CT molecular complexity index is 1950. The van der Waals surface area contributed by atoms with Crippen LogP contribution >= 0.6 is 15.9 Å². The molecule has 0 aliphatic carbocycles. The van der Waals surface area contributed by atoms with E-state index in [4.69, 9.17) is 0 Å². The normalized spacial score (nSPS) is 11.4. The number of nitrogens with zero attached hydrogens (tertiary/aromatic N) is 2. The van der Waals surface area contributed by atoms with Crippen molar-refractivity contribution in [1.82, 2.24) is 4.57 Å². The average molecular weight is 523 g/mol. The Labute approximate surface area is 216 Å². The molecule has 0 amide bonds. The smallest absolute Gasteiger partial charge is 0.0992 e. The van der Waals surface area contributed by atoms with Gasteiger partial charge in [0.1, 0.15) is 0 Å². The summed E-state index contributed by atoms with van der Waals surface area (Å²) in [6, 6.07) is 42.6. The molecule has 1 aromatic heterocycles. The van der Waals surface area contributed by atoms with E-state index >= 15 is 0 Å². The van der Waals surface area contributed by atoms with Gasteiger partial charge in [0.25, 0.3) is 0 Å². The van der Waals surface area contributed by atoms with E-state index in [0.717, 1.165) is 26.6 Å². The van der Waals surface area contributed by atoms with Crippen molar-refractivity contribution < 1.29 is 0 Å². The molecule has 0 bridgehead atoms. The van der Waals surface area contributed by atoms with Crippen LogP contribution in [0.15, 0.2) is 120 Å². The Balaban J connectivity index is 1.64. The molecule has 7 aromatic rings. The lowest BCUT2D eigenvalue weighted by molar-refractivity contribution is 1.18. The molecule has 1 heterocycles. The standard InChI is InChI=1S/C33H19BrN2/c34-33-28-12-6-4-10-26(28)32(27-11-5-7-13-29(27)33)22-15-17-25-24-16-14-21(20-35)18-30(24)36(31(25)19-22)23-8-2-1-3-9-23/h1-19H. The zero-order valence-electron chi connectivity index (χ0n) is 19.2. The monoisotopic (exact) mass is 522 g/mol. The van der Waals surface area contributed by atoms with Crippen molar-refractivity contribution in [2.75, 3.05) is 0 Å². The first-order chi connectivity index (χ1) is 17.7. The van der Waals surface area contributed by atoms with Gasteiger partial charge >= 0.3 is 0 Å². The van der Waals surface area contributed by atoms with E-state index in [9.17, 15) is 5.26 Å². The van der Waals surface area contributed by atoms with Crippen molar-refractivity contribution in [2.45, 2.75) is 0 Å². The Morgan fingerprint density at radius 2 is 1.11 bits per heavy atom. The topological polar surface area (TPSA) is 28.7 Å². The largest absolute Gasteiger partial charge is 0.309 e. The minimum absolute atomic E-state index is 0.660. The lowest BCUT2D eigenvalue weighted by atomic mass is 9.91. The summed E-state index contributed by atoms with van der Waals surface area (Å²) >= 11 is 3.88. The summed E-state index contributed by atoms with van der Waals surface area (Å²) in [5, 5.41) is 16.7. The molecule has 7 rings (SSSR count). The Morgan fingerprint density at radius 1 is 0.556 bits per heavy atom. The van der Waals surface area contributed by atoms with Gasteiger partial charge in [-0.3, -0.25) is 0 Å². The van der Waals surface area contributed by atoms with Gasteiger partial charge in [0.05, 0.1) is 22.7 Å². The number of hydrogen-bond acceptors (Lipinski definition) is 1. The predicted octanol–water partition coefficient (Wildman–Crippen LogP) is 9.39. The predicted molar refractivity (Wildman–Crippen MR) is 154 cm³/mol. The first kappa shape index (κ1) is 20.9. The van der Waals surface area contributed by atoms with Crippen LogP contribution in [0, 0.1) is 11.3 Å². The fraction of sp³-hybridized carbons (Fsp3) is 0. The van der Waals surface area contributed by atoms with Gasteiger partial charge < -0.3 is 4.57 Å². The molecule has 0 aliphatic rings. The van der Waals surface area contributed by atoms with Gasteiger partial charge in [0.2, 0.25) is 0 Å². The summed E-state index contributed by atoms with van der Waals surface area (Å²) in [5.41, 5.74) is 6.30. The van der Waals surface area contributed by atoms with Crippen LogP contribution in [0.4, 0.5) is 0 Å². The summed E-state index contributed by atoms with van der Waals surface area (Å²) in [7, 11) is 0. The van der Waals surface area contributed by atoms with Crippen molar-refractivity contribution in [1.29, 1.82) is 5.26 Å². The number of nitriles is 1. The van der Waals surface area contributed by atoms with E-state index in [1.807, 2.05) is 18.2 Å². The van der Waals surface area contributed by atoms with E-state index in [2.05, 4.69) is 124 Å². The second-order valence-electron chi connectivity index (χ2n) is 9.03. The molecule has 0 radical (unpaired) electrons. The third-order valence-corrected chi connectivity index (χ3v) is 7.92. The molecule has 168 valence electrons. The minimum atomic E-state index is 0.660. The van der Waals surface area contributed by atoms with E-state index in [0.29, 0.717) is 5.56 Å². The van der Waals surface area contributed by atoms with Crippen LogP contribution in [0.1, 0.15) is 5.56 Å². The highest BCUT2D eigenvalue weighted by Crippen LogP contribution is 2.43. The summed E-state index contributed by atoms with van der Waals surface area (Å²) in [6.07, 6.45) is 0. The quantitative estimate of drug-likeness (QED) is 0.208. The first-order valence-electron chi connectivity index (χ1n) is 11.9. The molecule has 0 aliphatic heterocycles. The molecule has 6 aromatic carbocycles. The lowest BCUT2D eigenvalue weighted by Crippen LogP contribution is -1.94. The summed E-state index contributed by atoms with van der Waals surface area (Å²) in [6.45, 7) is 0. The van der Waals surface area contributed by atoms with Crippen molar-refractivity contribution in [3.05, 3.63) is 125 Å². The third kappa shape index (κ3) is 3.02. The number of hydrogen-bond donors (Lipinski definition) is 0. The van der Waals surface area contributed by atoms with Crippen LogP contribution in [0.25, 0.3) is 60.2 Å². The maximum Gasteiger partial charge on any atom is 0.0992 e. The molecule has 0 N–H and O–H groups in total. The molecule has 3 heteroatoms. The molecule has 0 unspecified atom stereocenters. The van der Waals surface area contributed by atoms with Crippen LogP contribution in [-0.2, 0) is 0 Å². The molecular formula is C33H19BrN2. The molecular weight excluding hydrogens is 504 g/mol. The fourth-order valence-corrected chi connectivity index (χ4v) is 6.18. The molecule has 2 nitrogen and oxygen atoms in total. The molecule has 0 fully saturated rings. The second-order valence-corrected chi connectivity index (χ2v) is 9.82. The number of aromatic nitrogens is 1. The van der Waals surface area contributed by atoms with Gasteiger partial charge in [-0.05, 0) is 78.9 Å². The number of para-hydroxylation sites is 1. The number of benzene rings is 6. The van der Waals surface area contributed by atoms with Gasteiger partial charge in [0.15, 0.2) is 0 Å². The highest BCUT2D eigenvalue weighted by molar-refractivity contribution is 9.10. The van der Waals surface area contributed by atoms with Gasteiger partial charge in [-0.1, -0.05) is 84.9 Å². The maximum atomic E-state index is 9.59. The number of fused-ring (bicyclic) bond motifs is 5. The van der Waals surface area contributed by atoms with E-state index < -0.39 is 0 Å². The maximum absolute atomic E-state index is 9.59. The molecule has 0 saturated heterocycles. The highest BCUT2D eigenvalue weighted by atomic mass is 79.9. The molecule has 0 saturated carbocycles. The van der Waals surface area contributed by atoms with Gasteiger partial charge in [-0.25, -0.2) is 0 Å². The Morgan fingerprint density at radius 3 is 1.75 bits per heavy atom. The Hall–Kier alpha value is -4.39. The fourth-order valence-electron chi connectivity index (χ4n) is 5.49. The molecule has 0 spiro atoms. The first-order valence-corrected chi connectivity index (χ1v) is 12.7. The Kier molecular flexibility index (Phi) is 4.70. The minimum Gasteiger partial charge on any atom is -0.309 e. The van der Waals surface area contributed by atoms with Crippen molar-refractivity contribution in [3.8, 4) is 22.9 Å². The summed E-state index contributed by atoms with van der Waals surface area (Å²) in [4.78, 5) is 0. The van der Waals surface area contributed by atoms with Gasteiger partial charge in [0, 0.05) is 20.9 Å². The van der Waals surface area contributed by atoms with Crippen LogP contribution in [-0.4, -0.2) is 4.57 Å². The zero-order valence-corrected chi connectivity index (χ0v) is 20.8. The van der Waals surface area contributed by atoms with Crippen molar-refractivity contribution in [2.24, 2.45) is 0 Å². The van der Waals surface area contributed by atoms with Crippen LogP contribution in [0.3, 0.4) is 0 Å².